The van der Waals surface area contributed by atoms with E-state index in [-0.39, 0.29) is 18.8 Å². The number of hydrogen-bond acceptors (Lipinski definition) is 6. The average Bonchev–Trinajstić information content (AvgIpc) is 3.50. The van der Waals surface area contributed by atoms with Gasteiger partial charge in [0.1, 0.15) is 21.6 Å². The first-order valence-corrected chi connectivity index (χ1v) is 17.7. The van der Waals surface area contributed by atoms with Crippen LogP contribution in [0, 0.1) is 5.41 Å². The number of halogens is 3. The van der Waals surface area contributed by atoms with Crippen molar-refractivity contribution in [1.82, 2.24) is 4.98 Å². The first kappa shape index (κ1) is 41.2. The van der Waals surface area contributed by atoms with Gasteiger partial charge in [0.15, 0.2) is 5.41 Å². The predicted molar refractivity (Wildman–Crippen MR) is 203 cm³/mol. The zero-order valence-electron chi connectivity index (χ0n) is 30.9. The number of benzene rings is 3. The van der Waals surface area contributed by atoms with Crippen molar-refractivity contribution < 1.29 is 32.2 Å². The molecule has 3 aromatic carbocycles. The Morgan fingerprint density at radius 2 is 1.14 bits per heavy atom. The van der Waals surface area contributed by atoms with Crippen molar-refractivity contribution in [3.8, 4) is 0 Å². The second-order valence-corrected chi connectivity index (χ2v) is 16.1. The minimum absolute atomic E-state index is 0.132. The molecule has 1 aromatic heterocycles. The summed E-state index contributed by atoms with van der Waals surface area (Å²) in [7, 11) is 0. The maximum Gasteiger partial charge on any atom is 0.404 e. The van der Waals surface area contributed by atoms with E-state index in [4.69, 9.17) is 14.5 Å². The van der Waals surface area contributed by atoms with Crippen molar-refractivity contribution in [2.45, 2.75) is 104 Å². The van der Waals surface area contributed by atoms with Gasteiger partial charge in [-0.05, 0) is 115 Å². The number of carbonyl (C=O) groups is 2. The summed E-state index contributed by atoms with van der Waals surface area (Å²) in [5, 5.41) is 0.811. The summed E-state index contributed by atoms with van der Waals surface area (Å²) < 4.78 is 52.2. The van der Waals surface area contributed by atoms with E-state index in [1.165, 1.54) is 5.56 Å². The quantitative estimate of drug-likeness (QED) is 0.144. The average molecular weight is 722 g/mol. The van der Waals surface area contributed by atoms with Gasteiger partial charge in [0.2, 0.25) is 0 Å². The predicted octanol–water partition coefficient (Wildman–Crippen LogP) is 11.3. The van der Waals surface area contributed by atoms with Crippen LogP contribution in [-0.2, 0) is 37.3 Å². The summed E-state index contributed by atoms with van der Waals surface area (Å²) in [6.45, 7) is 20.6. The summed E-state index contributed by atoms with van der Waals surface area (Å²) in [5.41, 5.74) is -0.0190. The molecule has 9 heteroatoms. The fourth-order valence-electron chi connectivity index (χ4n) is 4.97. The molecule has 2 atom stereocenters. The Hall–Kier alpha value is -4.24. The Morgan fingerprint density at radius 3 is 1.57 bits per heavy atom. The van der Waals surface area contributed by atoms with Gasteiger partial charge in [-0.25, -0.2) is 4.98 Å². The molecule has 4 aromatic rings. The van der Waals surface area contributed by atoms with E-state index >= 15 is 0 Å². The van der Waals surface area contributed by atoms with Gasteiger partial charge in [-0.2, -0.15) is 13.2 Å². The number of carbonyl (C=O) groups excluding carboxylic acids is 2. The number of nitrogens with zero attached hydrogens (tertiary/aromatic N) is 1. The second kappa shape index (κ2) is 16.4. The number of esters is 2. The minimum atomic E-state index is -4.67. The van der Waals surface area contributed by atoms with Crippen LogP contribution in [0.25, 0.3) is 22.4 Å². The highest BCUT2D eigenvalue weighted by molar-refractivity contribution is 7.18. The summed E-state index contributed by atoms with van der Waals surface area (Å²) in [6, 6.07) is 23.3. The molecule has 0 radical (unpaired) electrons. The number of ether oxygens (including phenoxy) is 2. The third-order valence-electron chi connectivity index (χ3n) is 8.35. The molecule has 0 aliphatic carbocycles. The summed E-state index contributed by atoms with van der Waals surface area (Å²) >= 11 is 1.57. The molecule has 0 amide bonds. The molecule has 0 spiro atoms. The van der Waals surface area contributed by atoms with Gasteiger partial charge < -0.3 is 9.47 Å². The van der Waals surface area contributed by atoms with Gasteiger partial charge in [-0.15, -0.1) is 11.3 Å². The molecule has 2 unspecified atom stereocenters. The van der Waals surface area contributed by atoms with Gasteiger partial charge >= 0.3 is 18.1 Å². The summed E-state index contributed by atoms with van der Waals surface area (Å²) in [5.74, 6) is -1.46. The third-order valence-corrected chi connectivity index (χ3v) is 9.65. The van der Waals surface area contributed by atoms with E-state index in [9.17, 15) is 22.8 Å². The van der Waals surface area contributed by atoms with Crippen molar-refractivity contribution in [2.75, 3.05) is 0 Å². The van der Waals surface area contributed by atoms with Crippen LogP contribution in [0.3, 0.4) is 0 Å². The normalized spacial score (nSPS) is 14.3. The number of alkyl halides is 3. The summed E-state index contributed by atoms with van der Waals surface area (Å²) in [6.07, 6.45) is -0.0137. The zero-order chi connectivity index (χ0) is 38.3. The zero-order valence-corrected chi connectivity index (χ0v) is 31.8. The van der Waals surface area contributed by atoms with Gasteiger partial charge in [-0.3, -0.25) is 9.59 Å². The van der Waals surface area contributed by atoms with Crippen molar-refractivity contribution in [2.24, 2.45) is 5.41 Å². The molecule has 0 saturated carbocycles. The van der Waals surface area contributed by atoms with Crippen molar-refractivity contribution >= 4 is 45.6 Å². The Labute approximate surface area is 304 Å². The largest absolute Gasteiger partial charge is 0.459 e. The lowest BCUT2D eigenvalue weighted by Gasteiger charge is -2.33. The van der Waals surface area contributed by atoms with E-state index < -0.39 is 34.2 Å². The van der Waals surface area contributed by atoms with Crippen LogP contribution in [0.2, 0.25) is 0 Å². The standard InChI is InChI=1S/C24H27NO2S.C18H23F3O2/c1-6-17-11-13-18(14-12-17)15-16-24(5,22(26)27-23(2,3)4)21-25-19-9-7-8-10-20(19)28-21;1-6-13-7-9-14(10-8-13)11-12-17(5,18(19,20)21)15(22)23-16(2,3)4/h6-14H,1,15-16H2,2-5H3;6-10H,1,11-12H2,2-5H3. The van der Waals surface area contributed by atoms with E-state index in [0.717, 1.165) is 45.3 Å². The Kier molecular flexibility index (Phi) is 13.2. The van der Waals surface area contributed by atoms with Gasteiger partial charge in [-0.1, -0.05) is 86.0 Å². The molecule has 0 N–H and O–H groups in total. The van der Waals surface area contributed by atoms with E-state index in [2.05, 4.69) is 25.3 Å². The summed E-state index contributed by atoms with van der Waals surface area (Å²) in [4.78, 5) is 30.1. The number of hydrogen-bond donors (Lipinski definition) is 0. The second-order valence-electron chi connectivity index (χ2n) is 15.0. The van der Waals surface area contributed by atoms with Crippen LogP contribution in [0.1, 0.15) is 95.5 Å². The molecule has 4 rings (SSSR count). The Bertz CT molecular complexity index is 1760. The SMILES string of the molecule is C=Cc1ccc(CCC(C)(C(=O)OC(C)(C)C)C(F)(F)F)cc1.C=Cc1ccc(CCC(C)(C(=O)OC(C)(C)C)c2nc3ccccc3s2)cc1. The fraction of sp³-hybridized carbons (Fsp3) is 0.405. The van der Waals surface area contributed by atoms with E-state index in [1.807, 2.05) is 70.2 Å². The highest BCUT2D eigenvalue weighted by Crippen LogP contribution is 2.43. The van der Waals surface area contributed by atoms with Crippen LogP contribution < -0.4 is 0 Å². The number of aromatic nitrogens is 1. The minimum Gasteiger partial charge on any atom is -0.459 e. The first-order valence-electron chi connectivity index (χ1n) is 16.9. The lowest BCUT2D eigenvalue weighted by atomic mass is 9.83. The third kappa shape index (κ3) is 11.4. The maximum absolute atomic E-state index is 13.4. The van der Waals surface area contributed by atoms with Crippen molar-refractivity contribution in [3.63, 3.8) is 0 Å². The molecule has 0 saturated heterocycles. The molecular formula is C42H50F3NO4S. The molecule has 0 bridgehead atoms. The van der Waals surface area contributed by atoms with Gasteiger partial charge in [0.05, 0.1) is 10.2 Å². The number of fused-ring (bicyclic) bond motifs is 1. The maximum atomic E-state index is 13.4. The van der Waals surface area contributed by atoms with Crippen molar-refractivity contribution in [1.29, 1.82) is 0 Å². The Morgan fingerprint density at radius 1 is 0.686 bits per heavy atom. The van der Waals surface area contributed by atoms with Crippen LogP contribution in [0.15, 0.2) is 86.0 Å². The molecule has 51 heavy (non-hydrogen) atoms. The van der Waals surface area contributed by atoms with E-state index in [1.54, 1.807) is 62.4 Å². The number of para-hydroxylation sites is 1. The van der Waals surface area contributed by atoms with Crippen LogP contribution in [-0.4, -0.2) is 34.3 Å². The molecule has 5 nitrogen and oxygen atoms in total. The van der Waals surface area contributed by atoms with Crippen LogP contribution >= 0.6 is 11.3 Å². The highest BCUT2D eigenvalue weighted by atomic mass is 32.1. The van der Waals surface area contributed by atoms with Gasteiger partial charge in [0.25, 0.3) is 0 Å². The smallest absolute Gasteiger partial charge is 0.404 e. The topological polar surface area (TPSA) is 65.5 Å². The lowest BCUT2D eigenvalue weighted by molar-refractivity contribution is -0.237. The molecule has 0 aliphatic heterocycles. The monoisotopic (exact) mass is 721 g/mol. The Balaban J connectivity index is 0.000000282. The molecule has 0 fully saturated rings. The van der Waals surface area contributed by atoms with Crippen molar-refractivity contribution in [3.05, 3.63) is 113 Å². The fourth-order valence-corrected chi connectivity index (χ4v) is 6.10. The molecule has 0 aliphatic rings. The molecular weight excluding hydrogens is 672 g/mol. The van der Waals surface area contributed by atoms with Crippen LogP contribution in [0.5, 0.6) is 0 Å². The number of rotatable bonds is 11. The molecule has 274 valence electrons. The highest BCUT2D eigenvalue weighted by Gasteiger charge is 2.58. The van der Waals surface area contributed by atoms with E-state index in [0.29, 0.717) is 6.42 Å². The first-order chi connectivity index (χ1) is 23.6. The van der Waals surface area contributed by atoms with Gasteiger partial charge in [0, 0.05) is 0 Å². The lowest BCUT2D eigenvalue weighted by Crippen LogP contribution is -2.46. The number of aryl methyl sites for hydroxylation is 2. The molecule has 1 heterocycles. The number of thiazole rings is 1. The van der Waals surface area contributed by atoms with Crippen LogP contribution in [0.4, 0.5) is 13.2 Å².